The zero-order valence-corrected chi connectivity index (χ0v) is 16.0. The molecular formula is C17H21FN4O4S. The van der Waals surface area contributed by atoms with Gasteiger partial charge in [0.05, 0.1) is 5.75 Å². The highest BCUT2D eigenvalue weighted by Crippen LogP contribution is 2.23. The lowest BCUT2D eigenvalue weighted by molar-refractivity contribution is -0.117. The summed E-state index contributed by atoms with van der Waals surface area (Å²) in [5, 5.41) is 12.7. The minimum absolute atomic E-state index is 0.0517. The van der Waals surface area contributed by atoms with Gasteiger partial charge in [-0.15, -0.1) is 10.2 Å². The first-order valence-electron chi connectivity index (χ1n) is 8.29. The van der Waals surface area contributed by atoms with Gasteiger partial charge in [-0.2, -0.15) is 0 Å². The maximum atomic E-state index is 12.9. The predicted molar refractivity (Wildman–Crippen MR) is 96.8 cm³/mol. The summed E-state index contributed by atoms with van der Waals surface area (Å²) in [5.74, 6) is 0.0830. The lowest BCUT2D eigenvalue weighted by atomic mass is 10.2. The number of thioether (sulfide) groups is 1. The van der Waals surface area contributed by atoms with Crippen LogP contribution in [-0.2, 0) is 4.79 Å². The molecular weight excluding hydrogens is 375 g/mol. The Hall–Kier alpha value is -2.62. The Bertz CT molecular complexity index is 767. The molecule has 8 nitrogen and oxygen atoms in total. The Morgan fingerprint density at radius 3 is 2.59 bits per heavy atom. The second-order valence-corrected chi connectivity index (χ2v) is 6.99. The van der Waals surface area contributed by atoms with Crippen LogP contribution < -0.4 is 15.4 Å². The maximum Gasteiger partial charge on any atom is 0.321 e. The van der Waals surface area contributed by atoms with E-state index in [0.717, 1.165) is 11.8 Å². The molecule has 0 radical (unpaired) electrons. The molecule has 1 atom stereocenters. The van der Waals surface area contributed by atoms with Gasteiger partial charge in [0.2, 0.25) is 5.91 Å². The van der Waals surface area contributed by atoms with E-state index in [1.165, 1.54) is 24.3 Å². The maximum absolute atomic E-state index is 12.9. The van der Waals surface area contributed by atoms with Crippen molar-refractivity contribution < 1.29 is 23.1 Å². The van der Waals surface area contributed by atoms with Crippen molar-refractivity contribution in [3.05, 3.63) is 36.0 Å². The topological polar surface area (TPSA) is 106 Å². The van der Waals surface area contributed by atoms with Crippen molar-refractivity contribution in [3.8, 4) is 5.75 Å². The van der Waals surface area contributed by atoms with Crippen molar-refractivity contribution >= 4 is 23.7 Å². The largest absolute Gasteiger partial charge is 0.481 e. The Labute approximate surface area is 160 Å². The molecule has 10 heteroatoms. The highest BCUT2D eigenvalue weighted by atomic mass is 32.2. The monoisotopic (exact) mass is 396 g/mol. The number of rotatable bonds is 8. The van der Waals surface area contributed by atoms with Crippen molar-refractivity contribution in [2.45, 2.75) is 32.1 Å². The van der Waals surface area contributed by atoms with Crippen molar-refractivity contribution in [2.24, 2.45) is 5.92 Å². The molecule has 2 aromatic rings. The highest BCUT2D eigenvalue weighted by Gasteiger charge is 2.17. The number of imide groups is 1. The van der Waals surface area contributed by atoms with Crippen LogP contribution >= 0.6 is 11.8 Å². The molecule has 1 aromatic heterocycles. The fourth-order valence-electron chi connectivity index (χ4n) is 1.84. The quantitative estimate of drug-likeness (QED) is 0.661. The van der Waals surface area contributed by atoms with Crippen molar-refractivity contribution in [1.82, 2.24) is 20.8 Å². The zero-order valence-electron chi connectivity index (χ0n) is 15.2. The van der Waals surface area contributed by atoms with E-state index in [1.807, 2.05) is 13.8 Å². The van der Waals surface area contributed by atoms with E-state index >= 15 is 0 Å². The number of nitrogens with zero attached hydrogens (tertiary/aromatic N) is 2. The molecule has 0 aliphatic carbocycles. The molecule has 0 aliphatic heterocycles. The summed E-state index contributed by atoms with van der Waals surface area (Å²) in [6, 6.07) is 5.01. The number of nitrogens with one attached hydrogen (secondary N) is 2. The highest BCUT2D eigenvalue weighted by molar-refractivity contribution is 7.99. The third-order valence-corrected chi connectivity index (χ3v) is 3.97. The van der Waals surface area contributed by atoms with Crippen LogP contribution in [0, 0.1) is 11.7 Å². The third-order valence-electron chi connectivity index (χ3n) is 3.15. The molecule has 0 spiro atoms. The first-order valence-corrected chi connectivity index (χ1v) is 9.28. The number of carbonyl (C=O) groups is 2. The molecule has 1 heterocycles. The average molecular weight is 396 g/mol. The molecule has 2 rings (SSSR count). The van der Waals surface area contributed by atoms with Gasteiger partial charge in [0.1, 0.15) is 11.6 Å². The Morgan fingerprint density at radius 2 is 1.93 bits per heavy atom. The Balaban J connectivity index is 1.78. The fraction of sp³-hybridized carbons (Fsp3) is 0.412. The van der Waals surface area contributed by atoms with E-state index in [0.29, 0.717) is 12.3 Å². The Morgan fingerprint density at radius 1 is 1.22 bits per heavy atom. The van der Waals surface area contributed by atoms with Gasteiger partial charge >= 0.3 is 6.03 Å². The number of aromatic nitrogens is 2. The standard InChI is InChI=1S/C17H21FN4O4S/c1-10(2)8-19-16(24)20-14(23)9-27-17-22-21-15(26-17)11(3)25-13-6-4-12(18)5-7-13/h4-7,10-11H,8-9H2,1-3H3,(H2,19,20,23,24)/t11-/m0/s1. The van der Waals surface area contributed by atoms with Crippen LogP contribution in [0.5, 0.6) is 5.75 Å². The third kappa shape index (κ3) is 7.26. The molecule has 27 heavy (non-hydrogen) atoms. The molecule has 0 fully saturated rings. The molecule has 0 saturated heterocycles. The van der Waals surface area contributed by atoms with Gasteiger partial charge in [-0.25, -0.2) is 9.18 Å². The number of urea groups is 1. The van der Waals surface area contributed by atoms with Gasteiger partial charge < -0.3 is 14.5 Å². The average Bonchev–Trinajstić information content (AvgIpc) is 3.09. The molecule has 0 aliphatic rings. The van der Waals surface area contributed by atoms with Crippen LogP contribution in [0.4, 0.5) is 9.18 Å². The molecule has 0 saturated carbocycles. The SMILES string of the molecule is CC(C)CNC(=O)NC(=O)CSc1nnc([C@H](C)Oc2ccc(F)cc2)o1. The van der Waals surface area contributed by atoms with E-state index in [1.54, 1.807) is 6.92 Å². The summed E-state index contributed by atoms with van der Waals surface area (Å²) in [6.07, 6.45) is -0.548. The van der Waals surface area contributed by atoms with Gasteiger partial charge in [0.25, 0.3) is 11.1 Å². The van der Waals surface area contributed by atoms with Crippen molar-refractivity contribution in [3.63, 3.8) is 0 Å². The van der Waals surface area contributed by atoms with Gasteiger partial charge in [-0.3, -0.25) is 10.1 Å². The summed E-state index contributed by atoms with van der Waals surface area (Å²) >= 11 is 1.00. The van der Waals surface area contributed by atoms with E-state index in [4.69, 9.17) is 9.15 Å². The number of benzene rings is 1. The molecule has 1 aromatic carbocycles. The minimum Gasteiger partial charge on any atom is -0.481 e. The van der Waals surface area contributed by atoms with Gasteiger partial charge in [-0.1, -0.05) is 25.6 Å². The van der Waals surface area contributed by atoms with Crippen LogP contribution in [0.2, 0.25) is 0 Å². The van der Waals surface area contributed by atoms with Gasteiger partial charge in [0, 0.05) is 6.54 Å². The number of ether oxygens (including phenoxy) is 1. The number of amides is 3. The van der Waals surface area contributed by atoms with E-state index in [2.05, 4.69) is 20.8 Å². The predicted octanol–water partition coefficient (Wildman–Crippen LogP) is 2.92. The number of hydrogen-bond acceptors (Lipinski definition) is 7. The molecule has 0 unspecified atom stereocenters. The lowest BCUT2D eigenvalue weighted by Gasteiger charge is -2.10. The number of carbonyl (C=O) groups excluding carboxylic acids is 2. The Kier molecular flexibility index (Phi) is 7.59. The molecule has 0 bridgehead atoms. The first-order chi connectivity index (χ1) is 12.8. The summed E-state index contributed by atoms with van der Waals surface area (Å²) < 4.78 is 23.9. The first kappa shape index (κ1) is 20.7. The van der Waals surface area contributed by atoms with E-state index in [-0.39, 0.29) is 28.6 Å². The number of halogens is 1. The van der Waals surface area contributed by atoms with E-state index in [9.17, 15) is 14.0 Å². The minimum atomic E-state index is -0.548. The van der Waals surface area contributed by atoms with Crippen LogP contribution in [0.25, 0.3) is 0 Å². The van der Waals surface area contributed by atoms with E-state index < -0.39 is 18.0 Å². The summed E-state index contributed by atoms with van der Waals surface area (Å²) in [5.41, 5.74) is 0. The second kappa shape index (κ2) is 9.91. The second-order valence-electron chi connectivity index (χ2n) is 6.06. The molecule has 3 amide bonds. The molecule has 2 N–H and O–H groups in total. The van der Waals surface area contributed by atoms with Gasteiger partial charge in [0.15, 0.2) is 6.10 Å². The summed E-state index contributed by atoms with van der Waals surface area (Å²) in [7, 11) is 0. The summed E-state index contributed by atoms with van der Waals surface area (Å²) in [6.45, 7) is 6.08. The van der Waals surface area contributed by atoms with Crippen LogP contribution in [0.1, 0.15) is 32.8 Å². The van der Waals surface area contributed by atoms with Crippen LogP contribution in [0.3, 0.4) is 0 Å². The van der Waals surface area contributed by atoms with Crippen LogP contribution in [0.15, 0.2) is 33.9 Å². The number of hydrogen-bond donors (Lipinski definition) is 2. The summed E-state index contributed by atoms with van der Waals surface area (Å²) in [4.78, 5) is 23.3. The normalized spacial score (nSPS) is 11.9. The molecule has 146 valence electrons. The van der Waals surface area contributed by atoms with Gasteiger partial charge in [-0.05, 0) is 37.1 Å². The van der Waals surface area contributed by atoms with Crippen molar-refractivity contribution in [1.29, 1.82) is 0 Å². The zero-order chi connectivity index (χ0) is 19.8. The smallest absolute Gasteiger partial charge is 0.321 e. The van der Waals surface area contributed by atoms with Crippen molar-refractivity contribution in [2.75, 3.05) is 12.3 Å². The van der Waals surface area contributed by atoms with Crippen LogP contribution in [-0.4, -0.2) is 34.4 Å². The lowest BCUT2D eigenvalue weighted by Crippen LogP contribution is -2.41. The fourth-order valence-corrected chi connectivity index (χ4v) is 2.41.